The van der Waals surface area contributed by atoms with Crippen LogP contribution in [-0.4, -0.2) is 81.2 Å². The standard InChI is InChI=1S/C31H31F2N9/c1-41(2)9-8-35-22-12-19(11-21(32)13-22)23-6-5-7-24-29(23)38-31(37-24)30-26-25(39-40-30)16-36-28(27(26)33)20-10-18(14-34-15-20)17-42(3)4/h5-7,10-16,35H,8-9,17H2,1-4H3,(H,37,38)(H,39,40). The van der Waals surface area contributed by atoms with Crippen LogP contribution < -0.4 is 5.32 Å². The monoisotopic (exact) mass is 567 g/mol. The third-order valence-electron chi connectivity index (χ3n) is 6.95. The van der Waals surface area contributed by atoms with Crippen LogP contribution >= 0.6 is 0 Å². The second-order valence-corrected chi connectivity index (χ2v) is 10.8. The molecule has 6 rings (SSSR count). The van der Waals surface area contributed by atoms with E-state index in [-0.39, 0.29) is 16.9 Å². The fourth-order valence-electron chi connectivity index (χ4n) is 5.06. The second-order valence-electron chi connectivity index (χ2n) is 10.8. The summed E-state index contributed by atoms with van der Waals surface area (Å²) in [7, 11) is 7.90. The molecule has 214 valence electrons. The van der Waals surface area contributed by atoms with E-state index in [1.165, 1.54) is 12.1 Å². The zero-order chi connectivity index (χ0) is 29.4. The minimum atomic E-state index is -0.515. The first kappa shape index (κ1) is 27.4. The van der Waals surface area contributed by atoms with Crippen LogP contribution in [-0.2, 0) is 6.54 Å². The lowest BCUT2D eigenvalue weighted by molar-refractivity contribution is 0.402. The van der Waals surface area contributed by atoms with Gasteiger partial charge in [0.05, 0.1) is 28.1 Å². The van der Waals surface area contributed by atoms with Gasteiger partial charge in [0, 0.05) is 48.8 Å². The van der Waals surface area contributed by atoms with Crippen molar-refractivity contribution in [2.24, 2.45) is 0 Å². The molecular formula is C31H31F2N9. The first-order valence-corrected chi connectivity index (χ1v) is 13.6. The van der Waals surface area contributed by atoms with E-state index in [4.69, 9.17) is 4.98 Å². The van der Waals surface area contributed by atoms with Crippen molar-refractivity contribution in [1.82, 2.24) is 39.9 Å². The first-order valence-electron chi connectivity index (χ1n) is 13.6. The highest BCUT2D eigenvalue weighted by Gasteiger charge is 2.21. The Morgan fingerprint density at radius 1 is 0.881 bits per heavy atom. The van der Waals surface area contributed by atoms with E-state index in [2.05, 4.69) is 35.4 Å². The number of pyridine rings is 2. The molecule has 11 heteroatoms. The van der Waals surface area contributed by atoms with Crippen LogP contribution in [0.1, 0.15) is 5.56 Å². The third kappa shape index (κ3) is 5.44. The molecule has 0 fully saturated rings. The average Bonchev–Trinajstić information content (AvgIpc) is 3.57. The fourth-order valence-corrected chi connectivity index (χ4v) is 5.06. The number of rotatable bonds is 9. The van der Waals surface area contributed by atoms with Gasteiger partial charge in [0.15, 0.2) is 11.6 Å². The van der Waals surface area contributed by atoms with E-state index >= 15 is 4.39 Å². The second kappa shape index (κ2) is 11.3. The highest BCUT2D eigenvalue weighted by molar-refractivity contribution is 5.98. The van der Waals surface area contributed by atoms with Crippen LogP contribution in [0.4, 0.5) is 14.5 Å². The van der Waals surface area contributed by atoms with Crippen molar-refractivity contribution in [3.05, 3.63) is 78.3 Å². The average molecular weight is 568 g/mol. The van der Waals surface area contributed by atoms with Crippen molar-refractivity contribution in [1.29, 1.82) is 0 Å². The Morgan fingerprint density at radius 2 is 1.74 bits per heavy atom. The van der Waals surface area contributed by atoms with Crippen molar-refractivity contribution < 1.29 is 8.78 Å². The summed E-state index contributed by atoms with van der Waals surface area (Å²) in [4.78, 5) is 20.8. The molecule has 42 heavy (non-hydrogen) atoms. The number of aromatic amines is 2. The Balaban J connectivity index is 1.41. The van der Waals surface area contributed by atoms with Crippen molar-refractivity contribution >= 4 is 27.6 Å². The molecule has 0 aliphatic rings. The van der Waals surface area contributed by atoms with Crippen molar-refractivity contribution in [3.8, 4) is 33.9 Å². The number of para-hydroxylation sites is 1. The molecule has 0 aliphatic heterocycles. The molecule has 0 saturated carbocycles. The van der Waals surface area contributed by atoms with Gasteiger partial charge in [-0.1, -0.05) is 12.1 Å². The number of fused-ring (bicyclic) bond motifs is 2. The maximum absolute atomic E-state index is 16.1. The molecule has 0 spiro atoms. The predicted molar refractivity (Wildman–Crippen MR) is 162 cm³/mol. The van der Waals surface area contributed by atoms with E-state index in [0.29, 0.717) is 52.5 Å². The molecule has 0 aliphatic carbocycles. The predicted octanol–water partition coefficient (Wildman–Crippen LogP) is 5.54. The number of likely N-dealkylation sites (N-methyl/N-ethyl adjacent to an activating group) is 1. The van der Waals surface area contributed by atoms with Crippen LogP contribution in [0.2, 0.25) is 0 Å². The fraction of sp³-hybridized carbons (Fsp3) is 0.226. The first-order chi connectivity index (χ1) is 20.3. The molecule has 0 unspecified atom stereocenters. The summed E-state index contributed by atoms with van der Waals surface area (Å²) >= 11 is 0. The molecule has 0 radical (unpaired) electrons. The van der Waals surface area contributed by atoms with Gasteiger partial charge < -0.3 is 20.1 Å². The number of imidazole rings is 1. The molecule has 0 bridgehead atoms. The van der Waals surface area contributed by atoms with Gasteiger partial charge in [-0.05, 0) is 69.6 Å². The molecule has 4 heterocycles. The van der Waals surface area contributed by atoms with Crippen molar-refractivity contribution in [3.63, 3.8) is 0 Å². The number of benzene rings is 2. The number of nitrogens with one attached hydrogen (secondary N) is 3. The van der Waals surface area contributed by atoms with Crippen LogP contribution in [0, 0.1) is 11.6 Å². The summed E-state index contributed by atoms with van der Waals surface area (Å²) in [6.07, 6.45) is 4.93. The highest BCUT2D eigenvalue weighted by atomic mass is 19.1. The summed E-state index contributed by atoms with van der Waals surface area (Å²) in [5.41, 5.74) is 5.95. The molecule has 9 nitrogen and oxygen atoms in total. The van der Waals surface area contributed by atoms with Gasteiger partial charge in [-0.15, -0.1) is 0 Å². The van der Waals surface area contributed by atoms with Crippen LogP contribution in [0.25, 0.3) is 55.8 Å². The number of halogens is 2. The zero-order valence-electron chi connectivity index (χ0n) is 23.8. The molecule has 3 N–H and O–H groups in total. The molecule has 0 saturated heterocycles. The highest BCUT2D eigenvalue weighted by Crippen LogP contribution is 2.35. The van der Waals surface area contributed by atoms with Gasteiger partial charge in [0.25, 0.3) is 0 Å². The van der Waals surface area contributed by atoms with Gasteiger partial charge in [-0.2, -0.15) is 5.10 Å². The third-order valence-corrected chi connectivity index (χ3v) is 6.95. The summed E-state index contributed by atoms with van der Waals surface area (Å²) in [6.45, 7) is 2.16. The lowest BCUT2D eigenvalue weighted by atomic mass is 10.0. The molecule has 4 aromatic heterocycles. The van der Waals surface area contributed by atoms with Crippen LogP contribution in [0.5, 0.6) is 0 Å². The lowest BCUT2D eigenvalue weighted by Crippen LogP contribution is -2.20. The van der Waals surface area contributed by atoms with Crippen LogP contribution in [0.15, 0.2) is 61.1 Å². The Labute approximate surface area is 241 Å². The smallest absolute Gasteiger partial charge is 0.161 e. The van der Waals surface area contributed by atoms with Gasteiger partial charge in [0.2, 0.25) is 0 Å². The molecule has 0 atom stereocenters. The van der Waals surface area contributed by atoms with E-state index in [1.807, 2.05) is 63.4 Å². The van der Waals surface area contributed by atoms with Gasteiger partial charge >= 0.3 is 0 Å². The van der Waals surface area contributed by atoms with Gasteiger partial charge in [-0.3, -0.25) is 15.1 Å². The van der Waals surface area contributed by atoms with E-state index in [1.54, 1.807) is 18.6 Å². The topological polar surface area (TPSA) is 102 Å². The van der Waals surface area contributed by atoms with Crippen LogP contribution in [0.3, 0.4) is 0 Å². The number of H-pyrrole nitrogens is 2. The van der Waals surface area contributed by atoms with E-state index in [9.17, 15) is 4.39 Å². The maximum atomic E-state index is 16.1. The molecule has 0 amide bonds. The summed E-state index contributed by atoms with van der Waals surface area (Å²) < 4.78 is 30.8. The Morgan fingerprint density at radius 3 is 2.55 bits per heavy atom. The van der Waals surface area contributed by atoms with E-state index in [0.717, 1.165) is 23.2 Å². The minimum absolute atomic E-state index is 0.184. The van der Waals surface area contributed by atoms with Crippen molar-refractivity contribution in [2.45, 2.75) is 6.54 Å². The quantitative estimate of drug-likeness (QED) is 0.211. The summed E-state index contributed by atoms with van der Waals surface area (Å²) in [6, 6.07) is 12.4. The van der Waals surface area contributed by atoms with E-state index < -0.39 is 5.82 Å². The lowest BCUT2D eigenvalue weighted by Gasteiger charge is -2.13. The number of nitrogens with zero attached hydrogens (tertiary/aromatic N) is 6. The molecule has 2 aromatic carbocycles. The Kier molecular flexibility index (Phi) is 7.36. The maximum Gasteiger partial charge on any atom is 0.161 e. The summed E-state index contributed by atoms with van der Waals surface area (Å²) in [5.74, 6) is -0.476. The Hall–Kier alpha value is -4.74. The SMILES string of the molecule is CN(C)CCNc1cc(F)cc(-c2cccc3[nH]c(-c4n[nH]c5cnc(-c6cncc(CN(C)C)c6)c(F)c45)nc23)c1. The number of anilines is 1. The molecular weight excluding hydrogens is 536 g/mol. The van der Waals surface area contributed by atoms with Gasteiger partial charge in [-0.25, -0.2) is 13.8 Å². The zero-order valence-corrected chi connectivity index (χ0v) is 23.8. The normalized spacial score (nSPS) is 11.8. The van der Waals surface area contributed by atoms with Gasteiger partial charge in [0.1, 0.15) is 17.2 Å². The molecule has 6 aromatic rings. The number of hydrogen-bond acceptors (Lipinski definition) is 7. The minimum Gasteiger partial charge on any atom is -0.384 e. The number of aromatic nitrogens is 6. The Bertz CT molecular complexity index is 1890. The van der Waals surface area contributed by atoms with Crippen molar-refractivity contribution in [2.75, 3.05) is 46.6 Å². The largest absolute Gasteiger partial charge is 0.384 e. The number of hydrogen-bond donors (Lipinski definition) is 3. The summed E-state index contributed by atoms with van der Waals surface area (Å²) in [5, 5.41) is 10.8.